The highest BCUT2D eigenvalue weighted by molar-refractivity contribution is 5.84. The lowest BCUT2D eigenvalue weighted by Gasteiger charge is -2.41. The lowest BCUT2D eigenvalue weighted by molar-refractivity contribution is -0.207. The van der Waals surface area contributed by atoms with Gasteiger partial charge < -0.3 is 14.9 Å². The van der Waals surface area contributed by atoms with Crippen LogP contribution in [-0.2, 0) is 14.3 Å². The van der Waals surface area contributed by atoms with Gasteiger partial charge in [0.1, 0.15) is 0 Å². The molecule has 1 saturated heterocycles. The summed E-state index contributed by atoms with van der Waals surface area (Å²) in [7, 11) is 0. The molecule has 1 atom stereocenters. The van der Waals surface area contributed by atoms with Gasteiger partial charge in [0.2, 0.25) is 0 Å². The van der Waals surface area contributed by atoms with Crippen LogP contribution in [0.2, 0.25) is 0 Å². The Kier molecular flexibility index (Phi) is 3.04. The van der Waals surface area contributed by atoms with Crippen molar-refractivity contribution < 1.29 is 24.5 Å². The van der Waals surface area contributed by atoms with Crippen LogP contribution >= 0.6 is 0 Å². The van der Waals surface area contributed by atoms with Crippen molar-refractivity contribution in [2.45, 2.75) is 50.7 Å². The van der Waals surface area contributed by atoms with Gasteiger partial charge in [0.05, 0.1) is 12.0 Å². The van der Waals surface area contributed by atoms with E-state index in [4.69, 9.17) is 14.9 Å². The molecule has 0 unspecified atom stereocenters. The third-order valence-electron chi connectivity index (χ3n) is 2.66. The lowest BCUT2D eigenvalue weighted by Crippen LogP contribution is -2.52. The molecule has 0 saturated carbocycles. The van der Waals surface area contributed by atoms with Gasteiger partial charge in [0.25, 0.3) is 0 Å². The minimum Gasteiger partial charge on any atom is -0.481 e. The first kappa shape index (κ1) is 12.0. The van der Waals surface area contributed by atoms with Crippen LogP contribution in [0.15, 0.2) is 0 Å². The van der Waals surface area contributed by atoms with Crippen LogP contribution < -0.4 is 0 Å². The van der Waals surface area contributed by atoms with E-state index in [1.165, 1.54) is 0 Å². The molecule has 0 spiro atoms. The minimum atomic E-state index is -1.55. The van der Waals surface area contributed by atoms with Gasteiger partial charge >= 0.3 is 11.9 Å². The van der Waals surface area contributed by atoms with Crippen LogP contribution in [0.25, 0.3) is 0 Å². The van der Waals surface area contributed by atoms with E-state index in [-0.39, 0.29) is 6.42 Å². The van der Waals surface area contributed by atoms with Gasteiger partial charge in [0, 0.05) is 0 Å². The molecule has 1 heterocycles. The zero-order chi connectivity index (χ0) is 11.7. The Morgan fingerprint density at radius 1 is 1.27 bits per heavy atom. The molecule has 15 heavy (non-hydrogen) atoms. The zero-order valence-electron chi connectivity index (χ0n) is 8.95. The van der Waals surface area contributed by atoms with Gasteiger partial charge in [-0.1, -0.05) is 0 Å². The van der Waals surface area contributed by atoms with Crippen LogP contribution in [0.5, 0.6) is 0 Å². The fraction of sp³-hybridized carbons (Fsp3) is 0.800. The number of rotatable bonds is 3. The Balaban J connectivity index is 2.90. The third kappa shape index (κ3) is 2.68. The van der Waals surface area contributed by atoms with E-state index in [9.17, 15) is 9.59 Å². The third-order valence-corrected chi connectivity index (χ3v) is 2.66. The normalized spacial score (nSPS) is 29.7. The fourth-order valence-corrected chi connectivity index (χ4v) is 2.03. The molecule has 1 rings (SSSR count). The molecule has 1 fully saturated rings. The van der Waals surface area contributed by atoms with Crippen molar-refractivity contribution in [2.24, 2.45) is 0 Å². The first-order valence-electron chi connectivity index (χ1n) is 4.93. The van der Waals surface area contributed by atoms with Crippen molar-refractivity contribution in [1.29, 1.82) is 0 Å². The van der Waals surface area contributed by atoms with Gasteiger partial charge in [-0.3, -0.25) is 4.79 Å². The molecule has 0 aliphatic carbocycles. The molecule has 86 valence electrons. The number of hydrogen-bond donors (Lipinski definition) is 2. The molecule has 2 N–H and O–H groups in total. The van der Waals surface area contributed by atoms with E-state index in [1.807, 2.05) is 0 Å². The number of carbonyl (C=O) groups is 2. The second-order valence-corrected chi connectivity index (χ2v) is 4.59. The van der Waals surface area contributed by atoms with E-state index < -0.39 is 29.6 Å². The molecule has 0 aromatic carbocycles. The Hall–Kier alpha value is -1.10. The zero-order valence-corrected chi connectivity index (χ0v) is 8.95. The molecule has 5 heteroatoms. The number of aliphatic carboxylic acids is 2. The quantitative estimate of drug-likeness (QED) is 0.742. The van der Waals surface area contributed by atoms with E-state index in [2.05, 4.69) is 0 Å². The molecule has 1 aliphatic heterocycles. The number of hydrogen-bond acceptors (Lipinski definition) is 3. The van der Waals surface area contributed by atoms with Gasteiger partial charge in [0.15, 0.2) is 5.60 Å². The predicted molar refractivity (Wildman–Crippen MR) is 51.6 cm³/mol. The smallest absolute Gasteiger partial charge is 0.336 e. The molecule has 1 aliphatic rings. The van der Waals surface area contributed by atoms with Gasteiger partial charge in [-0.05, 0) is 33.1 Å². The van der Waals surface area contributed by atoms with Crippen molar-refractivity contribution in [1.82, 2.24) is 0 Å². The van der Waals surface area contributed by atoms with Gasteiger partial charge in [-0.15, -0.1) is 0 Å². The van der Waals surface area contributed by atoms with Crippen molar-refractivity contribution in [2.75, 3.05) is 0 Å². The summed E-state index contributed by atoms with van der Waals surface area (Å²) in [5, 5.41) is 17.8. The minimum absolute atomic E-state index is 0.262. The number of ether oxygens (including phenoxy) is 1. The van der Waals surface area contributed by atoms with Crippen LogP contribution in [0.4, 0.5) is 0 Å². The summed E-state index contributed by atoms with van der Waals surface area (Å²) in [6.07, 6.45) is 1.21. The van der Waals surface area contributed by atoms with E-state index in [0.29, 0.717) is 6.42 Å². The van der Waals surface area contributed by atoms with E-state index in [1.54, 1.807) is 13.8 Å². The average Bonchev–Trinajstić information content (AvgIpc) is 1.99. The highest BCUT2D eigenvalue weighted by atomic mass is 16.5. The predicted octanol–water partition coefficient (Wildman–Crippen LogP) is 1.26. The number of carboxylic acid groups (broad SMARTS) is 2. The van der Waals surface area contributed by atoms with Crippen LogP contribution in [-0.4, -0.2) is 33.4 Å². The van der Waals surface area contributed by atoms with Crippen molar-refractivity contribution >= 4 is 11.9 Å². The lowest BCUT2D eigenvalue weighted by atomic mass is 9.84. The molecular weight excluding hydrogens is 200 g/mol. The van der Waals surface area contributed by atoms with Crippen molar-refractivity contribution in [3.05, 3.63) is 0 Å². The van der Waals surface area contributed by atoms with Gasteiger partial charge in [-0.2, -0.15) is 0 Å². The molecule has 0 amide bonds. The maximum atomic E-state index is 11.1. The summed E-state index contributed by atoms with van der Waals surface area (Å²) < 4.78 is 5.45. The Labute approximate surface area is 88.0 Å². The summed E-state index contributed by atoms with van der Waals surface area (Å²) >= 11 is 0. The second kappa shape index (κ2) is 3.81. The molecule has 0 bridgehead atoms. The monoisotopic (exact) mass is 216 g/mol. The van der Waals surface area contributed by atoms with Crippen molar-refractivity contribution in [3.8, 4) is 0 Å². The van der Waals surface area contributed by atoms with Gasteiger partial charge in [-0.25, -0.2) is 4.79 Å². The SMILES string of the molecule is CC1(C)CCC[C@](CC(=O)O)(C(=O)O)O1. The van der Waals surface area contributed by atoms with E-state index in [0.717, 1.165) is 6.42 Å². The first-order valence-corrected chi connectivity index (χ1v) is 4.93. The summed E-state index contributed by atoms with van der Waals surface area (Å²) in [5.41, 5.74) is -2.11. The van der Waals surface area contributed by atoms with Crippen LogP contribution in [0.1, 0.15) is 39.5 Å². The van der Waals surface area contributed by atoms with Crippen LogP contribution in [0, 0.1) is 0 Å². The molecular formula is C10H16O5. The Morgan fingerprint density at radius 2 is 1.87 bits per heavy atom. The Bertz CT molecular complexity index is 284. The largest absolute Gasteiger partial charge is 0.481 e. The van der Waals surface area contributed by atoms with Crippen LogP contribution in [0.3, 0.4) is 0 Å². The maximum absolute atomic E-state index is 11.1. The summed E-state index contributed by atoms with van der Waals surface area (Å²) in [6, 6.07) is 0. The fourth-order valence-electron chi connectivity index (χ4n) is 2.03. The highest BCUT2D eigenvalue weighted by Crippen LogP contribution is 2.37. The molecule has 5 nitrogen and oxygen atoms in total. The van der Waals surface area contributed by atoms with E-state index >= 15 is 0 Å². The molecule has 0 radical (unpaired) electrons. The Morgan fingerprint density at radius 3 is 2.27 bits per heavy atom. The standard InChI is InChI=1S/C10H16O5/c1-9(2)4-3-5-10(15-9,8(13)14)6-7(11)12/h3-6H2,1-2H3,(H,11,12)(H,13,14)/t10-/m0/s1. The first-order chi connectivity index (χ1) is 6.77. The molecule has 0 aromatic heterocycles. The molecule has 0 aromatic rings. The number of carboxylic acids is 2. The summed E-state index contributed by atoms with van der Waals surface area (Å²) in [6.45, 7) is 3.57. The maximum Gasteiger partial charge on any atom is 0.336 e. The highest BCUT2D eigenvalue weighted by Gasteiger charge is 2.48. The summed E-state index contributed by atoms with van der Waals surface area (Å²) in [4.78, 5) is 21.8. The van der Waals surface area contributed by atoms with Crippen molar-refractivity contribution in [3.63, 3.8) is 0 Å². The topological polar surface area (TPSA) is 83.8 Å². The second-order valence-electron chi connectivity index (χ2n) is 4.59. The summed E-state index contributed by atoms with van der Waals surface area (Å²) in [5.74, 6) is -2.33. The average molecular weight is 216 g/mol.